The van der Waals surface area contributed by atoms with Crippen LogP contribution in [0.5, 0.6) is 5.75 Å². The monoisotopic (exact) mass is 250 g/mol. The second kappa shape index (κ2) is 7.01. The number of nitrogens with two attached hydrogens (primary N) is 1. The van der Waals surface area contributed by atoms with Crippen LogP contribution in [0.2, 0.25) is 0 Å². The molecule has 0 saturated carbocycles. The Balaban J connectivity index is 2.37. The van der Waals surface area contributed by atoms with Gasteiger partial charge in [0, 0.05) is 12.6 Å². The molecule has 4 nitrogen and oxygen atoms in total. The van der Waals surface area contributed by atoms with E-state index >= 15 is 0 Å². The van der Waals surface area contributed by atoms with Crippen LogP contribution in [-0.2, 0) is 4.79 Å². The van der Waals surface area contributed by atoms with Crippen molar-refractivity contribution in [1.29, 1.82) is 0 Å². The molecule has 0 saturated heterocycles. The van der Waals surface area contributed by atoms with Gasteiger partial charge in [-0.15, -0.1) is 0 Å². The number of carbonyl (C=O) groups is 1. The zero-order chi connectivity index (χ0) is 13.5. The third kappa shape index (κ3) is 5.19. The van der Waals surface area contributed by atoms with Crippen molar-refractivity contribution in [2.45, 2.75) is 26.8 Å². The van der Waals surface area contributed by atoms with Gasteiger partial charge in [-0.2, -0.15) is 0 Å². The minimum absolute atomic E-state index is 0.00777. The maximum Gasteiger partial charge on any atom is 0.257 e. The van der Waals surface area contributed by atoms with Gasteiger partial charge >= 0.3 is 0 Å². The summed E-state index contributed by atoms with van der Waals surface area (Å²) in [5, 5.41) is 2.80. The number of ether oxygens (including phenoxy) is 1. The highest BCUT2D eigenvalue weighted by atomic mass is 16.5. The molecular weight excluding hydrogens is 228 g/mol. The fraction of sp³-hybridized carbons (Fsp3) is 0.500. The van der Waals surface area contributed by atoms with Gasteiger partial charge in [-0.25, -0.2) is 0 Å². The standard InChI is InChI=1S/C14H22N2O2/c1-10(2)8-16-14(17)9-18-13-6-4-12(5-7-13)11(3)15/h4-7,10-11H,8-9,15H2,1-3H3,(H,16,17)/t11-/m1/s1. The fourth-order valence-corrected chi connectivity index (χ4v) is 1.39. The molecular formula is C14H22N2O2. The van der Waals surface area contributed by atoms with Gasteiger partial charge in [-0.05, 0) is 30.5 Å². The van der Waals surface area contributed by atoms with Crippen molar-refractivity contribution >= 4 is 5.91 Å². The first-order valence-corrected chi connectivity index (χ1v) is 6.24. The molecule has 18 heavy (non-hydrogen) atoms. The Morgan fingerprint density at radius 1 is 1.28 bits per heavy atom. The second-order valence-electron chi connectivity index (χ2n) is 4.84. The topological polar surface area (TPSA) is 64.3 Å². The maximum absolute atomic E-state index is 11.4. The molecule has 1 amide bonds. The van der Waals surface area contributed by atoms with E-state index in [4.69, 9.17) is 10.5 Å². The molecule has 0 aliphatic rings. The van der Waals surface area contributed by atoms with Crippen LogP contribution in [0.25, 0.3) is 0 Å². The normalized spacial score (nSPS) is 12.3. The minimum Gasteiger partial charge on any atom is -0.484 e. The average molecular weight is 250 g/mol. The van der Waals surface area contributed by atoms with Crippen LogP contribution in [0.3, 0.4) is 0 Å². The van der Waals surface area contributed by atoms with Crippen molar-refractivity contribution in [3.63, 3.8) is 0 Å². The molecule has 1 rings (SSSR count). The van der Waals surface area contributed by atoms with Crippen LogP contribution >= 0.6 is 0 Å². The third-order valence-corrected chi connectivity index (χ3v) is 2.48. The first-order valence-electron chi connectivity index (χ1n) is 6.24. The molecule has 100 valence electrons. The molecule has 0 heterocycles. The van der Waals surface area contributed by atoms with Crippen molar-refractivity contribution in [2.75, 3.05) is 13.2 Å². The predicted molar refractivity (Wildman–Crippen MR) is 72.4 cm³/mol. The summed E-state index contributed by atoms with van der Waals surface area (Å²) in [5.74, 6) is 1.03. The maximum atomic E-state index is 11.4. The Morgan fingerprint density at radius 2 is 1.89 bits per heavy atom. The summed E-state index contributed by atoms with van der Waals surface area (Å²) in [6, 6.07) is 7.48. The summed E-state index contributed by atoms with van der Waals surface area (Å²) in [7, 11) is 0. The molecule has 0 bridgehead atoms. The molecule has 0 radical (unpaired) electrons. The number of nitrogens with one attached hydrogen (secondary N) is 1. The Kier molecular flexibility index (Phi) is 5.65. The van der Waals surface area contributed by atoms with Gasteiger partial charge in [-0.3, -0.25) is 4.79 Å². The lowest BCUT2D eigenvalue weighted by Crippen LogP contribution is -2.31. The van der Waals surface area contributed by atoms with E-state index in [1.54, 1.807) is 0 Å². The Morgan fingerprint density at radius 3 is 2.39 bits per heavy atom. The Bertz CT molecular complexity index is 372. The lowest BCUT2D eigenvalue weighted by molar-refractivity contribution is -0.123. The zero-order valence-corrected chi connectivity index (χ0v) is 11.3. The van der Waals surface area contributed by atoms with Gasteiger partial charge in [-0.1, -0.05) is 26.0 Å². The van der Waals surface area contributed by atoms with Crippen LogP contribution in [0, 0.1) is 5.92 Å². The van der Waals surface area contributed by atoms with E-state index in [1.165, 1.54) is 0 Å². The highest BCUT2D eigenvalue weighted by molar-refractivity contribution is 5.77. The van der Waals surface area contributed by atoms with Gasteiger partial charge in [0.25, 0.3) is 5.91 Å². The lowest BCUT2D eigenvalue weighted by atomic mass is 10.1. The van der Waals surface area contributed by atoms with Gasteiger partial charge in [0.2, 0.25) is 0 Å². The largest absolute Gasteiger partial charge is 0.484 e. The molecule has 0 spiro atoms. The van der Waals surface area contributed by atoms with Crippen molar-refractivity contribution in [3.05, 3.63) is 29.8 Å². The zero-order valence-electron chi connectivity index (χ0n) is 11.3. The Labute approximate surface area is 109 Å². The summed E-state index contributed by atoms with van der Waals surface area (Å²) < 4.78 is 5.38. The van der Waals surface area contributed by atoms with Crippen molar-refractivity contribution in [2.24, 2.45) is 11.7 Å². The summed E-state index contributed by atoms with van der Waals surface area (Å²) in [5.41, 5.74) is 6.80. The van der Waals surface area contributed by atoms with Crippen molar-refractivity contribution in [1.82, 2.24) is 5.32 Å². The van der Waals surface area contributed by atoms with E-state index in [0.29, 0.717) is 18.2 Å². The van der Waals surface area contributed by atoms with Gasteiger partial charge in [0.15, 0.2) is 6.61 Å². The number of amides is 1. The van der Waals surface area contributed by atoms with Crippen LogP contribution in [0.15, 0.2) is 24.3 Å². The summed E-state index contributed by atoms with van der Waals surface area (Å²) in [6.45, 7) is 6.74. The molecule has 0 aliphatic carbocycles. The van der Waals surface area contributed by atoms with Crippen molar-refractivity contribution < 1.29 is 9.53 Å². The van der Waals surface area contributed by atoms with E-state index in [2.05, 4.69) is 5.32 Å². The fourth-order valence-electron chi connectivity index (χ4n) is 1.39. The summed E-state index contributed by atoms with van der Waals surface area (Å²) in [6.07, 6.45) is 0. The van der Waals surface area contributed by atoms with Gasteiger partial charge in [0.05, 0.1) is 0 Å². The van der Waals surface area contributed by atoms with E-state index in [-0.39, 0.29) is 18.6 Å². The first-order chi connectivity index (χ1) is 8.49. The van der Waals surface area contributed by atoms with Crippen LogP contribution in [-0.4, -0.2) is 19.1 Å². The van der Waals surface area contributed by atoms with Crippen LogP contribution < -0.4 is 15.8 Å². The minimum atomic E-state index is -0.0973. The molecule has 0 aromatic heterocycles. The van der Waals surface area contributed by atoms with E-state index in [0.717, 1.165) is 5.56 Å². The SMILES string of the molecule is CC(C)CNC(=O)COc1ccc([C@@H](C)N)cc1. The second-order valence-corrected chi connectivity index (χ2v) is 4.84. The number of hydrogen-bond donors (Lipinski definition) is 2. The first kappa shape index (κ1) is 14.5. The number of rotatable bonds is 6. The lowest BCUT2D eigenvalue weighted by Gasteiger charge is -2.10. The smallest absolute Gasteiger partial charge is 0.257 e. The highest BCUT2D eigenvalue weighted by Crippen LogP contribution is 2.15. The summed E-state index contributed by atoms with van der Waals surface area (Å²) >= 11 is 0. The molecule has 0 fully saturated rings. The number of carbonyl (C=O) groups excluding carboxylic acids is 1. The van der Waals surface area contributed by atoms with E-state index < -0.39 is 0 Å². The Hall–Kier alpha value is -1.55. The molecule has 4 heteroatoms. The molecule has 0 aliphatic heterocycles. The molecule has 1 aromatic carbocycles. The molecule has 1 atom stereocenters. The quantitative estimate of drug-likeness (QED) is 0.810. The number of benzene rings is 1. The van der Waals surface area contributed by atoms with Gasteiger partial charge < -0.3 is 15.8 Å². The predicted octanol–water partition coefficient (Wildman–Crippen LogP) is 1.86. The third-order valence-electron chi connectivity index (χ3n) is 2.48. The van der Waals surface area contributed by atoms with Crippen molar-refractivity contribution in [3.8, 4) is 5.75 Å². The molecule has 3 N–H and O–H groups in total. The van der Waals surface area contributed by atoms with Gasteiger partial charge in [0.1, 0.15) is 5.75 Å². The molecule has 1 aromatic rings. The summed E-state index contributed by atoms with van der Waals surface area (Å²) in [4.78, 5) is 11.4. The van der Waals surface area contributed by atoms with Crippen LogP contribution in [0.1, 0.15) is 32.4 Å². The van der Waals surface area contributed by atoms with E-state index in [9.17, 15) is 4.79 Å². The average Bonchev–Trinajstić information content (AvgIpc) is 2.34. The number of hydrogen-bond acceptors (Lipinski definition) is 3. The molecule has 0 unspecified atom stereocenters. The highest BCUT2D eigenvalue weighted by Gasteiger charge is 2.04. The van der Waals surface area contributed by atoms with E-state index in [1.807, 2.05) is 45.0 Å². The van der Waals surface area contributed by atoms with Crippen LogP contribution in [0.4, 0.5) is 0 Å².